The molecule has 0 radical (unpaired) electrons. The normalized spacial score (nSPS) is 35.3. The lowest BCUT2D eigenvalue weighted by Crippen LogP contribution is -2.35. The van der Waals surface area contributed by atoms with Crippen molar-refractivity contribution in [2.75, 3.05) is 0 Å². The van der Waals surface area contributed by atoms with E-state index in [2.05, 4.69) is 25.2 Å². The average Bonchev–Trinajstić information content (AvgIpc) is 3.06. The summed E-state index contributed by atoms with van der Waals surface area (Å²) < 4.78 is 5.76. The van der Waals surface area contributed by atoms with Gasteiger partial charge in [-0.2, -0.15) is 0 Å². The van der Waals surface area contributed by atoms with Crippen molar-refractivity contribution in [2.24, 2.45) is 17.3 Å². The Labute approximate surface area is 193 Å². The van der Waals surface area contributed by atoms with E-state index >= 15 is 0 Å². The number of esters is 1. The number of rotatable bonds is 6. The lowest BCUT2D eigenvalue weighted by molar-refractivity contribution is -0.148. The average molecular weight is 447 g/mol. The Morgan fingerprint density at radius 3 is 2.56 bits per heavy atom. The number of carbonyl (C=O) groups excluding carboxylic acids is 1. The molecule has 2 fully saturated rings. The molecule has 3 rings (SSSR count). The number of carbonyl (C=O) groups is 1. The number of aliphatic hydroxyl groups excluding tert-OH is 2. The highest BCUT2D eigenvalue weighted by Gasteiger charge is 2.47. The highest BCUT2D eigenvalue weighted by molar-refractivity contribution is 5.70. The molecule has 5 atom stereocenters. The van der Waals surface area contributed by atoms with Crippen molar-refractivity contribution in [3.05, 3.63) is 34.9 Å². The van der Waals surface area contributed by atoms with Gasteiger partial charge in [-0.15, -0.1) is 0 Å². The van der Waals surface area contributed by atoms with Crippen LogP contribution >= 0.6 is 0 Å². The number of allylic oxidation sites excluding steroid dienone is 4. The van der Waals surface area contributed by atoms with Crippen LogP contribution in [-0.4, -0.2) is 45.2 Å². The van der Waals surface area contributed by atoms with Crippen LogP contribution in [0.2, 0.25) is 0 Å². The second-order valence-electron chi connectivity index (χ2n) is 11.1. The van der Waals surface area contributed by atoms with E-state index in [0.29, 0.717) is 25.2 Å². The van der Waals surface area contributed by atoms with Crippen LogP contribution in [0.4, 0.5) is 0 Å². The highest BCUT2D eigenvalue weighted by Crippen LogP contribution is 2.55. The quantitative estimate of drug-likeness (QED) is 0.410. The van der Waals surface area contributed by atoms with Gasteiger partial charge in [0.1, 0.15) is 6.10 Å². The fourth-order valence-corrected chi connectivity index (χ4v) is 5.82. The predicted octanol–water partition coefficient (Wildman–Crippen LogP) is 4.61. The minimum absolute atomic E-state index is 0.0152. The van der Waals surface area contributed by atoms with Crippen molar-refractivity contribution >= 4 is 5.97 Å². The van der Waals surface area contributed by atoms with E-state index in [1.165, 1.54) is 11.1 Å². The summed E-state index contributed by atoms with van der Waals surface area (Å²) in [7, 11) is 0. The van der Waals surface area contributed by atoms with Gasteiger partial charge in [-0.1, -0.05) is 43.2 Å². The SMILES string of the molecule is CC1[C@H](O)CC(=CC=C2CCC[C@]3(C)C([C@H](C)OC(=O)CCC(C)(C)O)=CC[C@@H]23)C[C@H]1O. The number of ether oxygens (including phenoxy) is 1. The molecule has 2 saturated carbocycles. The Kier molecular flexibility index (Phi) is 7.73. The molecule has 3 aliphatic carbocycles. The van der Waals surface area contributed by atoms with Gasteiger partial charge in [0, 0.05) is 12.3 Å². The van der Waals surface area contributed by atoms with Crippen LogP contribution in [0.25, 0.3) is 0 Å². The molecule has 0 aliphatic heterocycles. The van der Waals surface area contributed by atoms with Gasteiger partial charge in [-0.25, -0.2) is 0 Å². The molecule has 5 nitrogen and oxygen atoms in total. The molecule has 0 aromatic carbocycles. The van der Waals surface area contributed by atoms with Crippen LogP contribution in [0.1, 0.15) is 86.0 Å². The lowest BCUT2D eigenvalue weighted by atomic mass is 9.63. The van der Waals surface area contributed by atoms with Gasteiger partial charge in [0.25, 0.3) is 0 Å². The molecule has 3 aliphatic rings. The van der Waals surface area contributed by atoms with Crippen LogP contribution in [-0.2, 0) is 9.53 Å². The summed E-state index contributed by atoms with van der Waals surface area (Å²) in [6, 6.07) is 0. The minimum atomic E-state index is -0.869. The Morgan fingerprint density at radius 2 is 1.94 bits per heavy atom. The highest BCUT2D eigenvalue weighted by atomic mass is 16.5. The molecule has 180 valence electrons. The van der Waals surface area contributed by atoms with Gasteiger partial charge in [-0.05, 0) is 82.6 Å². The maximum Gasteiger partial charge on any atom is 0.306 e. The molecule has 32 heavy (non-hydrogen) atoms. The molecular weight excluding hydrogens is 404 g/mol. The van der Waals surface area contributed by atoms with Crippen molar-refractivity contribution in [3.8, 4) is 0 Å². The first-order valence-electron chi connectivity index (χ1n) is 12.3. The summed E-state index contributed by atoms with van der Waals surface area (Å²) in [5.74, 6) is 0.0672. The maximum absolute atomic E-state index is 12.3. The van der Waals surface area contributed by atoms with E-state index in [0.717, 1.165) is 31.3 Å². The molecule has 0 amide bonds. The fourth-order valence-electron chi connectivity index (χ4n) is 5.82. The van der Waals surface area contributed by atoms with Crippen LogP contribution in [0.3, 0.4) is 0 Å². The summed E-state index contributed by atoms with van der Waals surface area (Å²) in [6.07, 6.45) is 11.5. The van der Waals surface area contributed by atoms with Crippen LogP contribution in [0, 0.1) is 17.3 Å². The van der Waals surface area contributed by atoms with Gasteiger partial charge in [0.15, 0.2) is 0 Å². The zero-order valence-corrected chi connectivity index (χ0v) is 20.4. The van der Waals surface area contributed by atoms with Crippen molar-refractivity contribution in [3.63, 3.8) is 0 Å². The van der Waals surface area contributed by atoms with Crippen molar-refractivity contribution in [2.45, 2.75) is 110 Å². The van der Waals surface area contributed by atoms with E-state index in [9.17, 15) is 20.1 Å². The zero-order valence-electron chi connectivity index (χ0n) is 20.4. The topological polar surface area (TPSA) is 87.0 Å². The summed E-state index contributed by atoms with van der Waals surface area (Å²) in [6.45, 7) is 9.58. The summed E-state index contributed by atoms with van der Waals surface area (Å²) in [4.78, 5) is 12.3. The van der Waals surface area contributed by atoms with E-state index in [1.807, 2.05) is 13.8 Å². The van der Waals surface area contributed by atoms with Crippen LogP contribution in [0.5, 0.6) is 0 Å². The van der Waals surface area contributed by atoms with Gasteiger partial charge in [0.2, 0.25) is 0 Å². The summed E-state index contributed by atoms with van der Waals surface area (Å²) in [5.41, 5.74) is 2.86. The largest absolute Gasteiger partial charge is 0.458 e. The van der Waals surface area contributed by atoms with Crippen molar-refractivity contribution in [1.82, 2.24) is 0 Å². The molecule has 0 heterocycles. The third-order valence-corrected chi connectivity index (χ3v) is 7.99. The Morgan fingerprint density at radius 1 is 1.28 bits per heavy atom. The fraction of sp³-hybridized carbons (Fsp3) is 0.741. The summed E-state index contributed by atoms with van der Waals surface area (Å²) >= 11 is 0. The summed E-state index contributed by atoms with van der Waals surface area (Å²) in [5, 5.41) is 30.3. The van der Waals surface area contributed by atoms with E-state index in [-0.39, 0.29) is 29.8 Å². The molecular formula is C27H42O5. The lowest BCUT2D eigenvalue weighted by Gasteiger charge is -2.42. The number of hydrogen-bond acceptors (Lipinski definition) is 5. The van der Waals surface area contributed by atoms with E-state index < -0.39 is 17.8 Å². The van der Waals surface area contributed by atoms with Crippen molar-refractivity contribution in [1.29, 1.82) is 0 Å². The Hall–Kier alpha value is -1.43. The Bertz CT molecular complexity index is 772. The number of aliphatic hydroxyl groups is 3. The first kappa shape index (κ1) is 25.2. The van der Waals surface area contributed by atoms with Gasteiger partial charge >= 0.3 is 5.97 Å². The van der Waals surface area contributed by atoms with Crippen LogP contribution < -0.4 is 0 Å². The molecule has 3 N–H and O–H groups in total. The third kappa shape index (κ3) is 5.73. The van der Waals surface area contributed by atoms with Gasteiger partial charge in [-0.3, -0.25) is 4.79 Å². The molecule has 0 aromatic heterocycles. The van der Waals surface area contributed by atoms with E-state index in [1.54, 1.807) is 13.8 Å². The first-order valence-corrected chi connectivity index (χ1v) is 12.3. The predicted molar refractivity (Wildman–Crippen MR) is 126 cm³/mol. The second kappa shape index (κ2) is 9.82. The van der Waals surface area contributed by atoms with E-state index in [4.69, 9.17) is 4.74 Å². The molecule has 0 spiro atoms. The molecule has 0 unspecified atom stereocenters. The maximum atomic E-state index is 12.3. The standard InChI is InChI=1S/C27H42O5/c1-17-23(28)15-19(16-24(17)29)8-9-20-7-6-13-27(5)21(10-11-22(20)27)18(2)32-25(30)12-14-26(3,4)31/h8-10,17-18,22-24,28-29,31H,6-7,11-16H2,1-5H3/t17?,18-,22-,23+,24+,27+/m0/s1. The van der Waals surface area contributed by atoms with Crippen molar-refractivity contribution < 1.29 is 24.9 Å². The number of hydrogen-bond donors (Lipinski definition) is 3. The molecule has 0 bridgehead atoms. The monoisotopic (exact) mass is 446 g/mol. The molecule has 0 aromatic rings. The molecule has 5 heteroatoms. The zero-order chi connectivity index (χ0) is 23.7. The van der Waals surface area contributed by atoms with Crippen LogP contribution in [0.15, 0.2) is 34.9 Å². The second-order valence-corrected chi connectivity index (χ2v) is 11.1. The first-order chi connectivity index (χ1) is 14.9. The third-order valence-electron chi connectivity index (χ3n) is 7.99. The van der Waals surface area contributed by atoms with Gasteiger partial charge in [0.05, 0.1) is 17.8 Å². The number of fused-ring (bicyclic) bond motifs is 1. The smallest absolute Gasteiger partial charge is 0.306 e. The van der Waals surface area contributed by atoms with Gasteiger partial charge < -0.3 is 20.1 Å². The minimum Gasteiger partial charge on any atom is -0.458 e. The molecule has 0 saturated heterocycles. The Balaban J connectivity index is 1.67.